The molecule has 2 aromatic carbocycles. The Hall–Kier alpha value is -2.18. The first-order valence-corrected chi connectivity index (χ1v) is 6.34. The number of hydrogen-bond donors (Lipinski definition) is 0. The van der Waals surface area contributed by atoms with Gasteiger partial charge in [0, 0.05) is 11.1 Å². The van der Waals surface area contributed by atoms with Crippen LogP contribution >= 0.6 is 12.2 Å². The molecule has 0 amide bonds. The number of aryl methyl sites for hydroxylation is 1. The summed E-state index contributed by atoms with van der Waals surface area (Å²) in [5, 5.41) is 9.53. The molecule has 0 fully saturated rings. The molecule has 2 nitrogen and oxygen atoms in total. The van der Waals surface area contributed by atoms with Crippen molar-refractivity contribution in [2.45, 2.75) is 13.0 Å². The highest BCUT2D eigenvalue weighted by atomic mass is 32.1. The van der Waals surface area contributed by atoms with Gasteiger partial charge in [0.2, 0.25) is 6.10 Å². The van der Waals surface area contributed by atoms with E-state index in [4.69, 9.17) is 17.0 Å². The normalized spacial score (nSPS) is 11.4. The maximum absolute atomic E-state index is 9.18. The lowest BCUT2D eigenvalue weighted by Gasteiger charge is -2.13. The Kier molecular flexibility index (Phi) is 4.27. The van der Waals surface area contributed by atoms with Crippen LogP contribution in [0.3, 0.4) is 0 Å². The van der Waals surface area contributed by atoms with Gasteiger partial charge in [-0.1, -0.05) is 60.2 Å². The van der Waals surface area contributed by atoms with Crippen molar-refractivity contribution in [3.05, 3.63) is 71.3 Å². The molecule has 0 heterocycles. The van der Waals surface area contributed by atoms with Crippen LogP contribution in [0.2, 0.25) is 0 Å². The highest BCUT2D eigenvalue weighted by Gasteiger charge is 2.14. The summed E-state index contributed by atoms with van der Waals surface area (Å²) in [4.78, 5) is 0. The molecule has 1 unspecified atom stereocenters. The summed E-state index contributed by atoms with van der Waals surface area (Å²) >= 11 is 5.23. The van der Waals surface area contributed by atoms with Crippen molar-refractivity contribution in [1.29, 1.82) is 5.26 Å². The van der Waals surface area contributed by atoms with Crippen LogP contribution in [0.25, 0.3) is 0 Å². The fourth-order valence-corrected chi connectivity index (χ4v) is 1.89. The first-order valence-electron chi connectivity index (χ1n) is 5.93. The van der Waals surface area contributed by atoms with Crippen molar-refractivity contribution < 1.29 is 4.74 Å². The van der Waals surface area contributed by atoms with Crippen LogP contribution < -0.4 is 0 Å². The summed E-state index contributed by atoms with van der Waals surface area (Å²) in [5.74, 6) is 0. The number of thiocarbonyl (C=S) groups is 1. The van der Waals surface area contributed by atoms with E-state index in [9.17, 15) is 5.26 Å². The van der Waals surface area contributed by atoms with Crippen LogP contribution in [-0.2, 0) is 4.74 Å². The van der Waals surface area contributed by atoms with Crippen molar-refractivity contribution in [3.8, 4) is 6.07 Å². The largest absolute Gasteiger partial charge is 0.460 e. The van der Waals surface area contributed by atoms with Crippen LogP contribution in [0.1, 0.15) is 22.8 Å². The first kappa shape index (κ1) is 13.3. The maximum atomic E-state index is 9.18. The van der Waals surface area contributed by atoms with Crippen LogP contribution in [0.4, 0.5) is 0 Å². The molecular weight excluding hydrogens is 254 g/mol. The second kappa shape index (κ2) is 6.12. The minimum absolute atomic E-state index is 0.343. The minimum atomic E-state index is -0.671. The molecule has 0 saturated heterocycles. The molecule has 0 N–H and O–H groups in total. The lowest BCUT2D eigenvalue weighted by atomic mass is 10.1. The Labute approximate surface area is 118 Å². The smallest absolute Gasteiger partial charge is 0.210 e. The zero-order valence-corrected chi connectivity index (χ0v) is 11.4. The van der Waals surface area contributed by atoms with Gasteiger partial charge in [-0.3, -0.25) is 0 Å². The molecule has 19 heavy (non-hydrogen) atoms. The van der Waals surface area contributed by atoms with Crippen LogP contribution in [-0.4, -0.2) is 5.05 Å². The summed E-state index contributed by atoms with van der Waals surface area (Å²) in [6, 6.07) is 19.2. The molecule has 0 radical (unpaired) electrons. The molecule has 1 atom stereocenters. The molecule has 0 saturated carbocycles. The van der Waals surface area contributed by atoms with Gasteiger partial charge in [-0.15, -0.1) is 0 Å². The maximum Gasteiger partial charge on any atom is 0.210 e. The van der Waals surface area contributed by atoms with Gasteiger partial charge in [-0.05, 0) is 19.1 Å². The van der Waals surface area contributed by atoms with Gasteiger partial charge in [0.15, 0.2) is 5.05 Å². The number of nitriles is 1. The van der Waals surface area contributed by atoms with E-state index in [2.05, 4.69) is 6.07 Å². The third-order valence-corrected chi connectivity index (χ3v) is 3.06. The predicted octanol–water partition coefficient (Wildman–Crippen LogP) is 3.95. The molecular formula is C16H13NOS. The summed E-state index contributed by atoms with van der Waals surface area (Å²) in [5.41, 5.74) is 2.78. The molecule has 0 aliphatic rings. The first-order chi connectivity index (χ1) is 9.20. The second-order valence-electron chi connectivity index (χ2n) is 4.19. The highest BCUT2D eigenvalue weighted by Crippen LogP contribution is 2.19. The Balaban J connectivity index is 2.13. The van der Waals surface area contributed by atoms with E-state index in [0.717, 1.165) is 16.7 Å². The van der Waals surface area contributed by atoms with E-state index in [0.29, 0.717) is 5.05 Å². The van der Waals surface area contributed by atoms with Crippen molar-refractivity contribution in [1.82, 2.24) is 0 Å². The van der Waals surface area contributed by atoms with Gasteiger partial charge in [0.05, 0.1) is 0 Å². The summed E-state index contributed by atoms with van der Waals surface area (Å²) in [6.07, 6.45) is -0.671. The van der Waals surface area contributed by atoms with Crippen molar-refractivity contribution in [2.75, 3.05) is 0 Å². The Morgan fingerprint density at radius 3 is 2.32 bits per heavy atom. The Morgan fingerprint density at radius 1 is 1.11 bits per heavy atom. The van der Waals surface area contributed by atoms with E-state index < -0.39 is 6.10 Å². The van der Waals surface area contributed by atoms with Gasteiger partial charge in [0.1, 0.15) is 6.07 Å². The second-order valence-corrected chi connectivity index (χ2v) is 4.56. The zero-order valence-electron chi connectivity index (χ0n) is 10.5. The van der Waals surface area contributed by atoms with Crippen LogP contribution in [0.15, 0.2) is 54.6 Å². The monoisotopic (exact) mass is 267 g/mol. The van der Waals surface area contributed by atoms with Gasteiger partial charge in [0.25, 0.3) is 0 Å². The van der Waals surface area contributed by atoms with E-state index in [-0.39, 0.29) is 0 Å². The molecule has 0 spiro atoms. The molecule has 0 aliphatic heterocycles. The average molecular weight is 267 g/mol. The number of nitrogens with zero attached hydrogens (tertiary/aromatic N) is 1. The fraction of sp³-hybridized carbons (Fsp3) is 0.125. The van der Waals surface area contributed by atoms with E-state index in [1.165, 1.54) is 0 Å². The molecule has 0 aliphatic carbocycles. The third-order valence-electron chi connectivity index (χ3n) is 2.73. The number of hydrogen-bond acceptors (Lipinski definition) is 3. The minimum Gasteiger partial charge on any atom is -0.460 e. The molecule has 0 bridgehead atoms. The van der Waals surface area contributed by atoms with Gasteiger partial charge < -0.3 is 4.74 Å². The number of benzene rings is 2. The van der Waals surface area contributed by atoms with Gasteiger partial charge >= 0.3 is 0 Å². The highest BCUT2D eigenvalue weighted by molar-refractivity contribution is 7.80. The number of rotatable bonds is 3. The Morgan fingerprint density at radius 2 is 1.74 bits per heavy atom. The molecule has 2 rings (SSSR count). The summed E-state index contributed by atoms with van der Waals surface area (Å²) < 4.78 is 5.58. The molecule has 2 aromatic rings. The van der Waals surface area contributed by atoms with Gasteiger partial charge in [-0.25, -0.2) is 0 Å². The number of ether oxygens (including phenoxy) is 1. The Bertz CT molecular complexity index is 599. The van der Waals surface area contributed by atoms with E-state index in [1.54, 1.807) is 0 Å². The van der Waals surface area contributed by atoms with Crippen molar-refractivity contribution >= 4 is 17.3 Å². The summed E-state index contributed by atoms with van der Waals surface area (Å²) in [6.45, 7) is 2.01. The fourth-order valence-electron chi connectivity index (χ4n) is 1.66. The third kappa shape index (κ3) is 3.40. The summed E-state index contributed by atoms with van der Waals surface area (Å²) in [7, 11) is 0. The quantitative estimate of drug-likeness (QED) is 0.789. The SMILES string of the molecule is Cc1ccc(C(=S)OC(C#N)c2ccccc2)cc1. The average Bonchev–Trinajstić information content (AvgIpc) is 2.46. The standard InChI is InChI=1S/C16H13NOS/c1-12-7-9-14(10-8-12)16(19)18-15(11-17)13-5-3-2-4-6-13/h2-10,15H,1H3. The van der Waals surface area contributed by atoms with Crippen LogP contribution in [0.5, 0.6) is 0 Å². The van der Waals surface area contributed by atoms with E-state index >= 15 is 0 Å². The molecule has 0 aromatic heterocycles. The van der Waals surface area contributed by atoms with Crippen molar-refractivity contribution in [2.24, 2.45) is 0 Å². The van der Waals surface area contributed by atoms with Crippen LogP contribution in [0, 0.1) is 18.3 Å². The van der Waals surface area contributed by atoms with Gasteiger partial charge in [-0.2, -0.15) is 5.26 Å². The molecule has 94 valence electrons. The van der Waals surface area contributed by atoms with E-state index in [1.807, 2.05) is 61.5 Å². The predicted molar refractivity (Wildman–Crippen MR) is 78.8 cm³/mol. The van der Waals surface area contributed by atoms with Crippen molar-refractivity contribution in [3.63, 3.8) is 0 Å². The lowest BCUT2D eigenvalue weighted by molar-refractivity contribution is 0.257. The zero-order chi connectivity index (χ0) is 13.7. The topological polar surface area (TPSA) is 33.0 Å². The lowest BCUT2D eigenvalue weighted by Crippen LogP contribution is -2.09. The molecule has 3 heteroatoms.